The van der Waals surface area contributed by atoms with Crippen LogP contribution in [0.3, 0.4) is 0 Å². The number of benzene rings is 3. The molecule has 0 aliphatic carbocycles. The van der Waals surface area contributed by atoms with Crippen molar-refractivity contribution in [2.75, 3.05) is 6.54 Å². The summed E-state index contributed by atoms with van der Waals surface area (Å²) < 4.78 is 30.3. The van der Waals surface area contributed by atoms with Gasteiger partial charge in [0.1, 0.15) is 7.05 Å². The van der Waals surface area contributed by atoms with Gasteiger partial charge in [0.2, 0.25) is 11.0 Å². The summed E-state index contributed by atoms with van der Waals surface area (Å²) in [6.07, 6.45) is 1.37. The van der Waals surface area contributed by atoms with Gasteiger partial charge in [-0.1, -0.05) is 55.3 Å². The molecular weight excluding hydrogens is 420 g/mol. The molecule has 0 bridgehead atoms. The zero-order valence-electron chi connectivity index (χ0n) is 18.6. The minimum absolute atomic E-state index is 0.127. The van der Waals surface area contributed by atoms with Crippen LogP contribution in [0.25, 0.3) is 21.8 Å². The number of unbranched alkanes of at least 4 members (excludes halogenated alkanes) is 1. The van der Waals surface area contributed by atoms with E-state index in [0.29, 0.717) is 12.0 Å². The number of aromatic nitrogens is 1. The van der Waals surface area contributed by atoms with Gasteiger partial charge >= 0.3 is 0 Å². The Morgan fingerprint density at radius 3 is 1.94 bits per heavy atom. The molecule has 0 fully saturated rings. The lowest BCUT2D eigenvalue weighted by Crippen LogP contribution is -2.39. The van der Waals surface area contributed by atoms with E-state index in [1.165, 1.54) is 0 Å². The Kier molecular flexibility index (Phi) is 5.98. The molecule has 0 spiro atoms. The van der Waals surface area contributed by atoms with Crippen LogP contribution in [0.1, 0.15) is 35.7 Å². The Labute approximate surface area is 189 Å². The SMILES string of the molecule is CCCCN(C(=O)c1c2ccccc2[n+](C)c2ccccc12)S(=O)(=O)c1ccc(C)cc1. The highest BCUT2D eigenvalue weighted by Crippen LogP contribution is 2.28. The number of hydrogen-bond donors (Lipinski definition) is 0. The zero-order chi connectivity index (χ0) is 22.9. The molecule has 1 aromatic heterocycles. The van der Waals surface area contributed by atoms with Gasteiger partial charge in [0.25, 0.3) is 15.9 Å². The predicted molar refractivity (Wildman–Crippen MR) is 127 cm³/mol. The summed E-state index contributed by atoms with van der Waals surface area (Å²) in [6.45, 7) is 4.02. The van der Waals surface area contributed by atoms with Gasteiger partial charge in [-0.25, -0.2) is 12.7 Å². The third-order valence-electron chi connectivity index (χ3n) is 5.83. The number of fused-ring (bicyclic) bond motifs is 2. The predicted octanol–water partition coefficient (Wildman–Crippen LogP) is 4.76. The van der Waals surface area contributed by atoms with E-state index < -0.39 is 15.9 Å². The Morgan fingerprint density at radius 2 is 1.41 bits per heavy atom. The van der Waals surface area contributed by atoms with Gasteiger partial charge in [-0.15, -0.1) is 0 Å². The minimum atomic E-state index is -4.01. The van der Waals surface area contributed by atoms with Crippen molar-refractivity contribution < 1.29 is 17.8 Å². The molecule has 0 aliphatic heterocycles. The molecular formula is C26H27N2O3S+. The molecule has 0 atom stereocenters. The summed E-state index contributed by atoms with van der Waals surface area (Å²) in [5, 5.41) is 1.47. The topological polar surface area (TPSA) is 58.3 Å². The minimum Gasteiger partial charge on any atom is -0.268 e. The second kappa shape index (κ2) is 8.71. The number of amides is 1. The van der Waals surface area contributed by atoms with E-state index in [-0.39, 0.29) is 11.4 Å². The zero-order valence-corrected chi connectivity index (χ0v) is 19.4. The first-order chi connectivity index (χ1) is 15.4. The fourth-order valence-corrected chi connectivity index (χ4v) is 5.47. The maximum atomic E-state index is 14.0. The van der Waals surface area contributed by atoms with E-state index in [4.69, 9.17) is 0 Å². The number of hydrogen-bond acceptors (Lipinski definition) is 3. The highest BCUT2D eigenvalue weighted by atomic mass is 32.2. The Hall–Kier alpha value is -3.25. The van der Waals surface area contributed by atoms with E-state index >= 15 is 0 Å². The van der Waals surface area contributed by atoms with Crippen LogP contribution in [0.4, 0.5) is 0 Å². The van der Waals surface area contributed by atoms with Gasteiger partial charge in [-0.05, 0) is 37.6 Å². The average Bonchev–Trinajstić information content (AvgIpc) is 2.80. The molecule has 1 amide bonds. The lowest BCUT2D eigenvalue weighted by atomic mass is 10.0. The number of aryl methyl sites for hydroxylation is 2. The number of sulfonamides is 1. The highest BCUT2D eigenvalue weighted by Gasteiger charge is 2.33. The van der Waals surface area contributed by atoms with Crippen LogP contribution in [-0.4, -0.2) is 25.2 Å². The van der Waals surface area contributed by atoms with Crippen LogP contribution in [0.2, 0.25) is 0 Å². The molecule has 0 radical (unpaired) electrons. The van der Waals surface area contributed by atoms with E-state index in [9.17, 15) is 13.2 Å². The fraction of sp³-hybridized carbons (Fsp3) is 0.231. The van der Waals surface area contributed by atoms with Crippen molar-refractivity contribution in [3.8, 4) is 0 Å². The standard InChI is InChI=1S/C26H27N2O3S/c1-4-5-18-28(32(30,31)20-16-14-19(2)15-17-20)26(29)25-21-10-6-8-12-23(21)27(3)24-13-9-7-11-22(24)25/h6-17H,4-5,18H2,1-3H3/q+1. The molecule has 0 saturated heterocycles. The van der Waals surface area contributed by atoms with Crippen molar-refractivity contribution in [3.63, 3.8) is 0 Å². The van der Waals surface area contributed by atoms with E-state index in [2.05, 4.69) is 0 Å². The first kappa shape index (κ1) is 22.0. The van der Waals surface area contributed by atoms with Crippen molar-refractivity contribution in [2.45, 2.75) is 31.6 Å². The van der Waals surface area contributed by atoms with Crippen LogP contribution < -0.4 is 4.57 Å². The van der Waals surface area contributed by atoms with Crippen LogP contribution in [0.5, 0.6) is 0 Å². The first-order valence-electron chi connectivity index (χ1n) is 10.8. The van der Waals surface area contributed by atoms with Gasteiger partial charge in [-0.2, -0.15) is 4.57 Å². The summed E-state index contributed by atoms with van der Waals surface area (Å²) in [6, 6.07) is 21.9. The number of nitrogens with zero attached hydrogens (tertiary/aromatic N) is 2. The number of carbonyl (C=O) groups excluding carboxylic acids is 1. The Morgan fingerprint density at radius 1 is 0.875 bits per heavy atom. The number of pyridine rings is 1. The van der Waals surface area contributed by atoms with Crippen molar-refractivity contribution in [1.82, 2.24) is 4.31 Å². The van der Waals surface area contributed by atoms with Gasteiger partial charge in [-0.3, -0.25) is 4.79 Å². The van der Waals surface area contributed by atoms with E-state index in [0.717, 1.165) is 38.1 Å². The van der Waals surface area contributed by atoms with Gasteiger partial charge in [0.15, 0.2) is 0 Å². The third-order valence-corrected chi connectivity index (χ3v) is 7.63. The molecule has 3 aromatic carbocycles. The van der Waals surface area contributed by atoms with Crippen LogP contribution in [0, 0.1) is 6.92 Å². The molecule has 5 nitrogen and oxygen atoms in total. The van der Waals surface area contributed by atoms with Gasteiger partial charge in [0.05, 0.1) is 21.2 Å². The highest BCUT2D eigenvalue weighted by molar-refractivity contribution is 7.89. The maximum absolute atomic E-state index is 14.0. The second-order valence-corrected chi connectivity index (χ2v) is 9.88. The summed E-state index contributed by atoms with van der Waals surface area (Å²) in [5.41, 5.74) is 3.12. The Balaban J connectivity index is 1.97. The van der Waals surface area contributed by atoms with E-state index in [1.807, 2.05) is 74.0 Å². The lowest BCUT2D eigenvalue weighted by Gasteiger charge is -2.23. The second-order valence-electron chi connectivity index (χ2n) is 8.02. The molecule has 0 saturated carbocycles. The summed E-state index contributed by atoms with van der Waals surface area (Å²) in [5.74, 6) is -0.493. The quantitative estimate of drug-likeness (QED) is 0.316. The van der Waals surface area contributed by atoms with Crippen LogP contribution >= 0.6 is 0 Å². The van der Waals surface area contributed by atoms with Crippen LogP contribution in [-0.2, 0) is 17.1 Å². The molecule has 0 unspecified atom stereocenters. The molecule has 0 N–H and O–H groups in total. The summed E-state index contributed by atoms with van der Waals surface area (Å²) in [4.78, 5) is 14.1. The molecule has 32 heavy (non-hydrogen) atoms. The van der Waals surface area contributed by atoms with Crippen molar-refractivity contribution in [2.24, 2.45) is 7.05 Å². The Bertz CT molecular complexity index is 1350. The summed E-state index contributed by atoms with van der Waals surface area (Å²) >= 11 is 0. The fourth-order valence-electron chi connectivity index (χ4n) is 4.06. The van der Waals surface area contributed by atoms with Crippen molar-refractivity contribution >= 4 is 37.7 Å². The smallest absolute Gasteiger partial charge is 0.268 e. The molecule has 4 rings (SSSR count). The number of para-hydroxylation sites is 2. The largest absolute Gasteiger partial charge is 0.269 e. The molecule has 0 aliphatic rings. The molecule has 164 valence electrons. The number of rotatable bonds is 6. The normalized spacial score (nSPS) is 11.7. The van der Waals surface area contributed by atoms with Gasteiger partial charge in [0, 0.05) is 18.7 Å². The van der Waals surface area contributed by atoms with Crippen molar-refractivity contribution in [1.29, 1.82) is 0 Å². The molecule has 6 heteroatoms. The molecule has 1 heterocycles. The first-order valence-corrected chi connectivity index (χ1v) is 12.2. The van der Waals surface area contributed by atoms with E-state index in [1.54, 1.807) is 24.3 Å². The van der Waals surface area contributed by atoms with Gasteiger partial charge < -0.3 is 0 Å². The van der Waals surface area contributed by atoms with Crippen LogP contribution in [0.15, 0.2) is 77.7 Å². The molecule has 4 aromatic rings. The summed E-state index contributed by atoms with van der Waals surface area (Å²) in [7, 11) is -2.05. The maximum Gasteiger partial charge on any atom is 0.269 e. The average molecular weight is 448 g/mol. The monoisotopic (exact) mass is 447 g/mol. The lowest BCUT2D eigenvalue weighted by molar-refractivity contribution is -0.617. The third kappa shape index (κ3) is 3.75. The van der Waals surface area contributed by atoms with Crippen molar-refractivity contribution in [3.05, 3.63) is 83.9 Å². The number of carbonyl (C=O) groups is 1.